The van der Waals surface area contributed by atoms with Gasteiger partial charge in [-0.2, -0.15) is 33.7 Å². The van der Waals surface area contributed by atoms with E-state index in [0.29, 0.717) is 31.6 Å². The lowest BCUT2D eigenvalue weighted by atomic mass is 10.1. The summed E-state index contributed by atoms with van der Waals surface area (Å²) in [6.07, 6.45) is 7.93. The predicted octanol–water partition coefficient (Wildman–Crippen LogP) is 7.88. The Morgan fingerprint density at radius 1 is 0.667 bits per heavy atom. The van der Waals surface area contributed by atoms with E-state index in [1.54, 1.807) is 0 Å². The van der Waals surface area contributed by atoms with Crippen molar-refractivity contribution in [3.05, 3.63) is 121 Å². The lowest BCUT2D eigenvalue weighted by Gasteiger charge is -2.22. The van der Waals surface area contributed by atoms with E-state index in [2.05, 4.69) is 75.8 Å². The van der Waals surface area contributed by atoms with Crippen molar-refractivity contribution < 1.29 is 14.3 Å². The van der Waals surface area contributed by atoms with Crippen molar-refractivity contribution in [1.82, 2.24) is 24.9 Å². The quantitative estimate of drug-likeness (QED) is 0.120. The Labute approximate surface area is 333 Å². The third-order valence-corrected chi connectivity index (χ3v) is 11.1. The molecule has 2 fully saturated rings. The largest absolute Gasteiger partial charge is 0.492 e. The highest BCUT2D eigenvalue weighted by Crippen LogP contribution is 2.27. The van der Waals surface area contributed by atoms with E-state index in [1.165, 1.54) is 35.5 Å². The van der Waals surface area contributed by atoms with Crippen molar-refractivity contribution in [3.63, 3.8) is 0 Å². The fraction of sp³-hybridized carbons (Fsp3) is 0.357. The van der Waals surface area contributed by atoms with E-state index in [-0.39, 0.29) is 12.4 Å². The second-order valence-electron chi connectivity index (χ2n) is 12.9. The van der Waals surface area contributed by atoms with Gasteiger partial charge in [0.1, 0.15) is 30.5 Å². The second kappa shape index (κ2) is 22.4. The first-order valence-electron chi connectivity index (χ1n) is 18.5. The summed E-state index contributed by atoms with van der Waals surface area (Å²) in [7, 11) is 0. The molecule has 0 amide bonds. The van der Waals surface area contributed by atoms with Crippen LogP contribution in [-0.2, 0) is 17.9 Å². The van der Waals surface area contributed by atoms with Crippen molar-refractivity contribution >= 4 is 63.5 Å². The molecule has 2 aliphatic rings. The summed E-state index contributed by atoms with van der Waals surface area (Å²) in [6.45, 7) is 4.13. The number of fused-ring (bicyclic) bond motifs is 2. The highest BCUT2D eigenvalue weighted by atomic mass is 35.5. The van der Waals surface area contributed by atoms with Gasteiger partial charge in [0, 0.05) is 43.5 Å². The van der Waals surface area contributed by atoms with E-state index >= 15 is 0 Å². The molecular weight excluding hydrogens is 736 g/mol. The number of Topliss-reactive ketones (excluding diaryl/α,β-unsaturated/α-hetero) is 1. The summed E-state index contributed by atoms with van der Waals surface area (Å²) in [5.41, 5.74) is 10.1. The first-order chi connectivity index (χ1) is 26.2. The standard InChI is InChI=1S/C21H25N3OS.C16H17N3O.C5H8OS.ClH/c1-2-5-17(6-3-1)16-24-20-7-4-8-21(19(20)15-23-24)25-12-11-22-18-9-13-26-14-10-18;17-9-10-20-16-8-4-7-15-14(16)11-18-19(15)12-13-5-2-1-3-6-13;6-5-1-3-7-4-2-5;/h1-8,15,18,22H,9-14,16H2;1-8,11H,9-10,12,17H2;1-4H2;1H. The number of hydrogen-bond donors (Lipinski definition) is 2. The molecular formula is C42H51ClN6O3S2. The first kappa shape index (κ1) is 41.2. The number of thioether (sulfide) groups is 2. The van der Waals surface area contributed by atoms with Crippen LogP contribution in [0.3, 0.4) is 0 Å². The van der Waals surface area contributed by atoms with Gasteiger partial charge in [-0.1, -0.05) is 72.8 Å². The summed E-state index contributed by atoms with van der Waals surface area (Å²) < 4.78 is 15.7. The summed E-state index contributed by atoms with van der Waals surface area (Å²) in [5.74, 6) is 6.86. The van der Waals surface area contributed by atoms with Gasteiger partial charge in [-0.25, -0.2) is 0 Å². The Bertz CT molecular complexity index is 1980. The van der Waals surface area contributed by atoms with E-state index in [4.69, 9.17) is 15.2 Å². The Morgan fingerprint density at radius 2 is 1.17 bits per heavy atom. The maximum atomic E-state index is 10.4. The minimum absolute atomic E-state index is 0. The molecule has 2 aliphatic heterocycles. The molecule has 0 bridgehead atoms. The number of nitrogens with zero attached hydrogens (tertiary/aromatic N) is 4. The molecule has 0 aliphatic carbocycles. The van der Waals surface area contributed by atoms with E-state index < -0.39 is 0 Å². The van der Waals surface area contributed by atoms with Gasteiger partial charge >= 0.3 is 0 Å². The monoisotopic (exact) mass is 786 g/mol. The molecule has 4 aromatic carbocycles. The molecule has 3 N–H and O–H groups in total. The molecule has 54 heavy (non-hydrogen) atoms. The number of hydrogen-bond acceptors (Lipinski definition) is 9. The van der Waals surface area contributed by atoms with E-state index in [0.717, 1.165) is 77.3 Å². The average molecular weight is 787 g/mol. The van der Waals surface area contributed by atoms with Gasteiger partial charge in [0.05, 0.1) is 47.3 Å². The number of carbonyl (C=O) groups excluding carboxylic acids is 1. The van der Waals surface area contributed by atoms with Crippen molar-refractivity contribution in [2.75, 3.05) is 49.3 Å². The number of benzene rings is 4. The van der Waals surface area contributed by atoms with Gasteiger partial charge < -0.3 is 20.5 Å². The fourth-order valence-electron chi connectivity index (χ4n) is 6.26. The van der Waals surface area contributed by atoms with Gasteiger partial charge in [-0.15, -0.1) is 12.4 Å². The summed E-state index contributed by atoms with van der Waals surface area (Å²) in [6, 6.07) is 33.6. The van der Waals surface area contributed by atoms with Crippen LogP contribution in [0.5, 0.6) is 11.5 Å². The van der Waals surface area contributed by atoms with Crippen LogP contribution in [0.15, 0.2) is 109 Å². The first-order valence-corrected chi connectivity index (χ1v) is 20.8. The number of nitrogens with one attached hydrogen (secondary N) is 1. The van der Waals surface area contributed by atoms with Gasteiger partial charge in [-0.05, 0) is 59.7 Å². The minimum atomic E-state index is 0. The molecule has 12 heteroatoms. The molecule has 0 radical (unpaired) electrons. The Hall–Kier alpha value is -4.00. The smallest absolute Gasteiger partial charge is 0.134 e. The maximum absolute atomic E-state index is 10.4. The third-order valence-electron chi connectivity index (χ3n) is 9.08. The maximum Gasteiger partial charge on any atom is 0.134 e. The van der Waals surface area contributed by atoms with E-state index in [1.807, 2.05) is 82.1 Å². The average Bonchev–Trinajstić information content (AvgIpc) is 3.82. The minimum Gasteiger partial charge on any atom is -0.492 e. The van der Waals surface area contributed by atoms with Crippen molar-refractivity contribution in [1.29, 1.82) is 0 Å². The van der Waals surface area contributed by atoms with Crippen LogP contribution in [0, 0.1) is 0 Å². The topological polar surface area (TPSA) is 109 Å². The number of carbonyl (C=O) groups is 1. The van der Waals surface area contributed by atoms with Gasteiger partial charge in [0.2, 0.25) is 0 Å². The lowest BCUT2D eigenvalue weighted by Crippen LogP contribution is -2.35. The van der Waals surface area contributed by atoms with Crippen LogP contribution < -0.4 is 20.5 Å². The number of halogens is 1. The molecule has 0 atom stereocenters. The van der Waals surface area contributed by atoms with Gasteiger partial charge in [-0.3, -0.25) is 14.2 Å². The zero-order valence-corrected chi connectivity index (χ0v) is 33.1. The van der Waals surface area contributed by atoms with Gasteiger partial charge in [0.25, 0.3) is 0 Å². The van der Waals surface area contributed by atoms with Crippen LogP contribution >= 0.6 is 35.9 Å². The van der Waals surface area contributed by atoms with Crippen molar-refractivity contribution in [2.45, 2.75) is 44.8 Å². The second-order valence-corrected chi connectivity index (χ2v) is 15.4. The summed E-state index contributed by atoms with van der Waals surface area (Å²) >= 11 is 3.94. The van der Waals surface area contributed by atoms with Crippen LogP contribution in [0.25, 0.3) is 21.8 Å². The predicted molar refractivity (Wildman–Crippen MR) is 228 cm³/mol. The normalized spacial score (nSPS) is 14.4. The molecule has 9 nitrogen and oxygen atoms in total. The Kier molecular flexibility index (Phi) is 17.1. The lowest BCUT2D eigenvalue weighted by molar-refractivity contribution is -0.118. The number of ketones is 1. The van der Waals surface area contributed by atoms with Crippen LogP contribution in [0.1, 0.15) is 36.8 Å². The number of aromatic nitrogens is 4. The molecule has 4 heterocycles. The van der Waals surface area contributed by atoms with Crippen molar-refractivity contribution in [2.24, 2.45) is 5.73 Å². The highest BCUT2D eigenvalue weighted by molar-refractivity contribution is 7.99. The molecule has 0 saturated carbocycles. The van der Waals surface area contributed by atoms with Gasteiger partial charge in [0.15, 0.2) is 0 Å². The molecule has 6 aromatic rings. The molecule has 0 unspecified atom stereocenters. The third kappa shape index (κ3) is 12.3. The molecule has 0 spiro atoms. The number of ether oxygens (including phenoxy) is 2. The van der Waals surface area contributed by atoms with Crippen LogP contribution in [-0.4, -0.2) is 80.7 Å². The fourth-order valence-corrected chi connectivity index (χ4v) is 8.32. The zero-order valence-electron chi connectivity index (χ0n) is 30.7. The number of nitrogens with two attached hydrogens (primary N) is 1. The SMILES string of the molecule is Cl.NCCOc1cccc2c1cnn2Cc1ccccc1.O=C1CCSCC1.c1ccc(Cn2ncc3c(OCCNC4CCSCC4)cccc32)cc1. The van der Waals surface area contributed by atoms with Crippen molar-refractivity contribution in [3.8, 4) is 11.5 Å². The molecule has 8 rings (SSSR count). The van der Waals surface area contributed by atoms with Crippen LogP contribution in [0.2, 0.25) is 0 Å². The Balaban J connectivity index is 0.000000177. The Morgan fingerprint density at radius 3 is 1.65 bits per heavy atom. The van der Waals surface area contributed by atoms with E-state index in [9.17, 15) is 4.79 Å². The summed E-state index contributed by atoms with van der Waals surface area (Å²) in [4.78, 5) is 10.4. The zero-order chi connectivity index (χ0) is 36.5. The summed E-state index contributed by atoms with van der Waals surface area (Å²) in [5, 5.41) is 14.8. The molecule has 286 valence electrons. The highest BCUT2D eigenvalue weighted by Gasteiger charge is 2.13. The number of rotatable bonds is 12. The molecule has 2 aromatic heterocycles. The van der Waals surface area contributed by atoms with Crippen LogP contribution in [0.4, 0.5) is 0 Å². The molecule has 2 saturated heterocycles.